The van der Waals surface area contributed by atoms with Crippen molar-refractivity contribution in [1.29, 1.82) is 0 Å². The van der Waals surface area contributed by atoms with Gasteiger partial charge < -0.3 is 23.9 Å². The molecule has 1 aliphatic rings. The van der Waals surface area contributed by atoms with Crippen LogP contribution in [0.1, 0.15) is 22.9 Å². The van der Waals surface area contributed by atoms with Gasteiger partial charge in [-0.3, -0.25) is 9.59 Å². The summed E-state index contributed by atoms with van der Waals surface area (Å²) in [5.41, 5.74) is 1.22. The van der Waals surface area contributed by atoms with E-state index in [0.29, 0.717) is 23.5 Å². The average molecular weight is 468 g/mol. The number of hydrogen-bond acceptors (Lipinski definition) is 6. The van der Waals surface area contributed by atoms with E-state index in [1.54, 1.807) is 31.4 Å². The molecule has 1 fully saturated rings. The van der Waals surface area contributed by atoms with Gasteiger partial charge >= 0.3 is 0 Å². The summed E-state index contributed by atoms with van der Waals surface area (Å²) in [4.78, 5) is 27.4. The van der Waals surface area contributed by atoms with E-state index in [0.717, 1.165) is 11.3 Å². The number of aliphatic hydroxyl groups excluding tert-OH is 1. The number of furan rings is 1. The summed E-state index contributed by atoms with van der Waals surface area (Å²) in [6.07, 6.45) is 1.96. The summed E-state index contributed by atoms with van der Waals surface area (Å²) in [6, 6.07) is 14.6. The lowest BCUT2D eigenvalue weighted by Crippen LogP contribution is -2.31. The fourth-order valence-corrected chi connectivity index (χ4v) is 4.12. The molecular weight excluding hydrogens is 446 g/mol. The molecule has 2 heterocycles. The molecule has 3 aromatic rings. The van der Waals surface area contributed by atoms with Gasteiger partial charge in [0.1, 0.15) is 29.1 Å². The Hall–Kier alpha value is -3.71. The molecule has 0 spiro atoms. The van der Waals surface area contributed by atoms with Crippen molar-refractivity contribution in [2.75, 3.05) is 20.8 Å². The van der Waals surface area contributed by atoms with Crippen molar-refractivity contribution in [1.82, 2.24) is 4.90 Å². The van der Waals surface area contributed by atoms with Crippen molar-refractivity contribution in [3.8, 4) is 11.5 Å². The Labute approximate surface area is 195 Å². The van der Waals surface area contributed by atoms with Gasteiger partial charge in [-0.1, -0.05) is 23.7 Å². The van der Waals surface area contributed by atoms with Crippen LogP contribution in [0.3, 0.4) is 0 Å². The lowest BCUT2D eigenvalue weighted by atomic mass is 9.99. The van der Waals surface area contributed by atoms with Gasteiger partial charge in [-0.15, -0.1) is 0 Å². The number of methoxy groups -OCH3 is 2. The molecule has 170 valence electrons. The van der Waals surface area contributed by atoms with Crippen molar-refractivity contribution in [2.24, 2.45) is 0 Å². The van der Waals surface area contributed by atoms with Crippen molar-refractivity contribution in [3.05, 3.63) is 88.3 Å². The molecular formula is C25H22ClNO6. The van der Waals surface area contributed by atoms with Crippen LogP contribution in [-0.4, -0.2) is 42.5 Å². The number of ether oxygens (including phenoxy) is 2. The van der Waals surface area contributed by atoms with Gasteiger partial charge in [-0.05, 0) is 54.4 Å². The highest BCUT2D eigenvalue weighted by Crippen LogP contribution is 2.40. The smallest absolute Gasteiger partial charge is 0.295 e. The molecule has 1 N–H and O–H groups in total. The van der Waals surface area contributed by atoms with Gasteiger partial charge in [0.15, 0.2) is 0 Å². The van der Waals surface area contributed by atoms with Gasteiger partial charge in [0.25, 0.3) is 11.7 Å². The summed E-state index contributed by atoms with van der Waals surface area (Å²) in [5.74, 6) is -0.276. The minimum atomic E-state index is -0.862. The van der Waals surface area contributed by atoms with Gasteiger partial charge in [0.2, 0.25) is 0 Å². The van der Waals surface area contributed by atoms with Crippen LogP contribution >= 0.6 is 11.6 Å². The average Bonchev–Trinajstić information content (AvgIpc) is 3.44. The lowest BCUT2D eigenvalue weighted by molar-refractivity contribution is -0.140. The zero-order valence-corrected chi connectivity index (χ0v) is 18.8. The molecule has 1 atom stereocenters. The first-order valence-electron chi connectivity index (χ1n) is 10.2. The van der Waals surface area contributed by atoms with E-state index in [9.17, 15) is 14.7 Å². The van der Waals surface area contributed by atoms with Crippen LogP contribution < -0.4 is 9.47 Å². The summed E-state index contributed by atoms with van der Waals surface area (Å²) < 4.78 is 15.9. The zero-order chi connectivity index (χ0) is 23.5. The number of aliphatic hydroxyl groups is 1. The maximum Gasteiger partial charge on any atom is 0.295 e. The SMILES string of the molecule is COc1ccc(CCN2C(=O)C(=O)/C(=C(\O)c3ccc(OC)c(Cl)c3)C2c2ccco2)cc1. The van der Waals surface area contributed by atoms with E-state index in [2.05, 4.69) is 0 Å². The molecule has 2 aromatic carbocycles. The molecule has 0 saturated carbocycles. The van der Waals surface area contributed by atoms with E-state index >= 15 is 0 Å². The molecule has 0 aliphatic carbocycles. The predicted molar refractivity (Wildman–Crippen MR) is 122 cm³/mol. The summed E-state index contributed by atoms with van der Waals surface area (Å²) >= 11 is 6.20. The third-order valence-electron chi connectivity index (χ3n) is 5.58. The molecule has 1 unspecified atom stereocenters. The Kier molecular flexibility index (Phi) is 6.42. The van der Waals surface area contributed by atoms with Gasteiger partial charge in [-0.25, -0.2) is 0 Å². The maximum absolute atomic E-state index is 13.0. The van der Waals surface area contributed by atoms with E-state index in [4.69, 9.17) is 25.5 Å². The number of hydrogen-bond donors (Lipinski definition) is 1. The maximum atomic E-state index is 13.0. The summed E-state index contributed by atoms with van der Waals surface area (Å²) in [5, 5.41) is 11.3. The van der Waals surface area contributed by atoms with Crippen LogP contribution in [0.25, 0.3) is 5.76 Å². The second kappa shape index (κ2) is 9.42. The number of rotatable bonds is 7. The van der Waals surface area contributed by atoms with E-state index in [1.165, 1.54) is 24.3 Å². The minimum Gasteiger partial charge on any atom is -0.507 e. The Morgan fingerprint density at radius 1 is 1.09 bits per heavy atom. The molecule has 1 saturated heterocycles. The first-order valence-corrected chi connectivity index (χ1v) is 10.6. The van der Waals surface area contributed by atoms with Gasteiger partial charge in [0.05, 0.1) is 31.1 Å². The number of ketones is 1. The van der Waals surface area contributed by atoms with Crippen molar-refractivity contribution in [2.45, 2.75) is 12.5 Å². The lowest BCUT2D eigenvalue weighted by Gasteiger charge is -2.23. The number of Topliss-reactive ketones (excluding diaryl/α,β-unsaturated/α-hetero) is 1. The first-order chi connectivity index (χ1) is 15.9. The second-order valence-corrected chi connectivity index (χ2v) is 7.86. The molecule has 0 radical (unpaired) electrons. The third kappa shape index (κ3) is 4.32. The summed E-state index contributed by atoms with van der Waals surface area (Å²) in [7, 11) is 3.07. The quantitative estimate of drug-likeness (QED) is 0.310. The highest BCUT2D eigenvalue weighted by Gasteiger charge is 2.47. The first kappa shape index (κ1) is 22.5. The van der Waals surface area contributed by atoms with Crippen molar-refractivity contribution < 1.29 is 28.6 Å². The Bertz CT molecular complexity index is 1200. The van der Waals surface area contributed by atoms with Crippen LogP contribution in [-0.2, 0) is 16.0 Å². The highest BCUT2D eigenvalue weighted by molar-refractivity contribution is 6.46. The molecule has 1 amide bonds. The topological polar surface area (TPSA) is 89.2 Å². The van der Waals surface area contributed by atoms with E-state index in [-0.39, 0.29) is 22.9 Å². The van der Waals surface area contributed by atoms with Gasteiger partial charge in [-0.2, -0.15) is 0 Å². The van der Waals surface area contributed by atoms with Crippen LogP contribution in [0.4, 0.5) is 0 Å². The fourth-order valence-electron chi connectivity index (χ4n) is 3.86. The molecule has 33 heavy (non-hydrogen) atoms. The zero-order valence-electron chi connectivity index (χ0n) is 18.1. The van der Waals surface area contributed by atoms with Crippen LogP contribution in [0.2, 0.25) is 5.02 Å². The molecule has 4 rings (SSSR count). The van der Waals surface area contributed by atoms with Crippen LogP contribution in [0.15, 0.2) is 70.9 Å². The normalized spacial score (nSPS) is 17.4. The molecule has 7 nitrogen and oxygen atoms in total. The number of likely N-dealkylation sites (tertiary alicyclic amines) is 1. The van der Waals surface area contributed by atoms with Gasteiger partial charge in [0, 0.05) is 12.1 Å². The predicted octanol–water partition coefficient (Wildman–Crippen LogP) is 4.61. The number of halogens is 1. The number of benzene rings is 2. The fraction of sp³-hybridized carbons (Fsp3) is 0.200. The Balaban J connectivity index is 1.71. The number of carbonyl (C=O) groups excluding carboxylic acids is 2. The standard InChI is InChI=1S/C25H22ClNO6/c1-31-17-8-5-15(6-9-17)11-12-27-22(20-4-3-13-33-20)21(24(29)25(27)30)23(28)16-7-10-19(32-2)18(26)14-16/h3-10,13-14,22,28H,11-12H2,1-2H3/b23-21-. The molecule has 1 aliphatic heterocycles. The van der Waals surface area contributed by atoms with Crippen molar-refractivity contribution >= 4 is 29.1 Å². The van der Waals surface area contributed by atoms with E-state index in [1.807, 2.05) is 24.3 Å². The van der Waals surface area contributed by atoms with Crippen LogP contribution in [0.5, 0.6) is 11.5 Å². The van der Waals surface area contributed by atoms with E-state index < -0.39 is 17.7 Å². The van der Waals surface area contributed by atoms with Crippen molar-refractivity contribution in [3.63, 3.8) is 0 Å². The molecule has 1 aromatic heterocycles. The Morgan fingerprint density at radius 3 is 2.45 bits per heavy atom. The third-order valence-corrected chi connectivity index (χ3v) is 5.87. The minimum absolute atomic E-state index is 0.0501. The summed E-state index contributed by atoms with van der Waals surface area (Å²) in [6.45, 7) is 0.252. The molecule has 8 heteroatoms. The largest absolute Gasteiger partial charge is 0.507 e. The number of carbonyl (C=O) groups is 2. The monoisotopic (exact) mass is 467 g/mol. The Morgan fingerprint density at radius 2 is 1.85 bits per heavy atom. The second-order valence-electron chi connectivity index (χ2n) is 7.46. The number of amides is 1. The number of nitrogens with zero attached hydrogens (tertiary/aromatic N) is 1. The van der Waals surface area contributed by atoms with Crippen LogP contribution in [0, 0.1) is 0 Å². The molecule has 0 bridgehead atoms. The highest BCUT2D eigenvalue weighted by atomic mass is 35.5.